The molecule has 2 heterocycles. The third-order valence-electron chi connectivity index (χ3n) is 2.78. The molecule has 20 heavy (non-hydrogen) atoms. The third kappa shape index (κ3) is 4.67. The SMILES string of the molecule is O=C(O)/C=C/c1csc(CNC(=O)NC2CCOC2)c1. The minimum absolute atomic E-state index is 0.0902. The van der Waals surface area contributed by atoms with Gasteiger partial charge in [0.1, 0.15) is 0 Å². The summed E-state index contributed by atoms with van der Waals surface area (Å²) < 4.78 is 5.17. The fraction of sp³-hybridized carbons (Fsp3) is 0.385. The van der Waals surface area contributed by atoms with Gasteiger partial charge in [-0.25, -0.2) is 9.59 Å². The highest BCUT2D eigenvalue weighted by atomic mass is 32.1. The molecule has 108 valence electrons. The molecule has 6 nitrogen and oxygen atoms in total. The van der Waals surface area contributed by atoms with E-state index >= 15 is 0 Å². The number of nitrogens with one attached hydrogen (secondary N) is 2. The van der Waals surface area contributed by atoms with Gasteiger partial charge in [-0.05, 0) is 29.5 Å². The first-order chi connectivity index (χ1) is 9.63. The van der Waals surface area contributed by atoms with E-state index in [0.29, 0.717) is 19.8 Å². The fourth-order valence-corrected chi connectivity index (χ4v) is 2.59. The molecule has 1 aromatic heterocycles. The Hall–Kier alpha value is -1.86. The number of carboxylic acids is 1. The maximum atomic E-state index is 11.6. The lowest BCUT2D eigenvalue weighted by molar-refractivity contribution is -0.131. The molecule has 0 bridgehead atoms. The third-order valence-corrected chi connectivity index (χ3v) is 3.74. The number of amides is 2. The van der Waals surface area contributed by atoms with E-state index in [4.69, 9.17) is 9.84 Å². The molecule has 0 aromatic carbocycles. The zero-order chi connectivity index (χ0) is 14.4. The van der Waals surface area contributed by atoms with Crippen LogP contribution in [0.25, 0.3) is 6.08 Å². The van der Waals surface area contributed by atoms with Gasteiger partial charge < -0.3 is 20.5 Å². The van der Waals surface area contributed by atoms with E-state index in [1.165, 1.54) is 17.4 Å². The Morgan fingerprint density at radius 1 is 1.55 bits per heavy atom. The summed E-state index contributed by atoms with van der Waals surface area (Å²) in [7, 11) is 0. The average Bonchev–Trinajstić information content (AvgIpc) is 3.05. The van der Waals surface area contributed by atoms with E-state index in [2.05, 4.69) is 10.6 Å². The zero-order valence-corrected chi connectivity index (χ0v) is 11.6. The van der Waals surface area contributed by atoms with Crippen molar-refractivity contribution in [3.05, 3.63) is 28.0 Å². The van der Waals surface area contributed by atoms with E-state index in [-0.39, 0.29) is 12.1 Å². The first kappa shape index (κ1) is 14.5. The first-order valence-corrected chi connectivity index (χ1v) is 7.12. The van der Waals surface area contributed by atoms with E-state index < -0.39 is 5.97 Å². The van der Waals surface area contributed by atoms with Crippen molar-refractivity contribution in [2.24, 2.45) is 0 Å². The summed E-state index contributed by atoms with van der Waals surface area (Å²) >= 11 is 1.47. The molecule has 2 amide bonds. The lowest BCUT2D eigenvalue weighted by Crippen LogP contribution is -2.41. The quantitative estimate of drug-likeness (QED) is 0.717. The number of carbonyl (C=O) groups is 2. The summed E-state index contributed by atoms with van der Waals surface area (Å²) in [6.07, 6.45) is 3.46. The molecule has 2 rings (SSSR count). The Bertz CT molecular complexity index is 506. The topological polar surface area (TPSA) is 87.7 Å². The smallest absolute Gasteiger partial charge is 0.328 e. The van der Waals surface area contributed by atoms with Gasteiger partial charge in [-0.3, -0.25) is 0 Å². The Balaban J connectivity index is 1.75. The molecule has 0 saturated carbocycles. The number of hydrogen-bond donors (Lipinski definition) is 3. The first-order valence-electron chi connectivity index (χ1n) is 6.24. The number of carbonyl (C=O) groups excluding carboxylic acids is 1. The minimum Gasteiger partial charge on any atom is -0.478 e. The van der Waals surface area contributed by atoms with Crippen LogP contribution in [0.2, 0.25) is 0 Å². The van der Waals surface area contributed by atoms with Crippen LogP contribution >= 0.6 is 11.3 Å². The highest BCUT2D eigenvalue weighted by molar-refractivity contribution is 7.10. The Morgan fingerprint density at radius 2 is 2.40 bits per heavy atom. The molecule has 1 fully saturated rings. The highest BCUT2D eigenvalue weighted by Gasteiger charge is 2.17. The van der Waals surface area contributed by atoms with E-state index in [1.807, 2.05) is 11.4 Å². The van der Waals surface area contributed by atoms with Crippen molar-refractivity contribution < 1.29 is 19.4 Å². The number of urea groups is 1. The van der Waals surface area contributed by atoms with E-state index in [1.54, 1.807) is 0 Å². The van der Waals surface area contributed by atoms with Crippen LogP contribution in [0.4, 0.5) is 4.79 Å². The lowest BCUT2D eigenvalue weighted by atomic mass is 10.3. The van der Waals surface area contributed by atoms with Crippen molar-refractivity contribution in [3.63, 3.8) is 0 Å². The molecule has 1 aromatic rings. The van der Waals surface area contributed by atoms with Gasteiger partial charge in [-0.1, -0.05) is 0 Å². The summed E-state index contributed by atoms with van der Waals surface area (Å²) in [6.45, 7) is 1.68. The van der Waals surface area contributed by atoms with E-state index in [9.17, 15) is 9.59 Å². The zero-order valence-electron chi connectivity index (χ0n) is 10.8. The standard InChI is InChI=1S/C13H16N2O4S/c16-12(17)2-1-9-5-11(20-8-9)6-14-13(18)15-10-3-4-19-7-10/h1-2,5,8,10H,3-4,6-7H2,(H,16,17)(H2,14,15,18)/b2-1+. The van der Waals surface area contributed by atoms with Crippen molar-refractivity contribution >= 4 is 29.4 Å². The molecule has 1 aliphatic heterocycles. The summed E-state index contributed by atoms with van der Waals surface area (Å²) in [5.41, 5.74) is 0.818. The summed E-state index contributed by atoms with van der Waals surface area (Å²) in [4.78, 5) is 23.0. The van der Waals surface area contributed by atoms with Gasteiger partial charge in [0.05, 0.1) is 19.2 Å². The second-order valence-electron chi connectivity index (χ2n) is 4.41. The summed E-state index contributed by atoms with van der Waals surface area (Å²) in [6, 6.07) is 1.73. The molecule has 3 N–H and O–H groups in total. The van der Waals surface area contributed by atoms with Gasteiger partial charge in [-0.15, -0.1) is 11.3 Å². The maximum Gasteiger partial charge on any atom is 0.328 e. The molecular weight excluding hydrogens is 280 g/mol. The summed E-state index contributed by atoms with van der Waals surface area (Å²) in [5, 5.41) is 16.0. The number of hydrogen-bond acceptors (Lipinski definition) is 4. The Morgan fingerprint density at radius 3 is 3.10 bits per heavy atom. The van der Waals surface area contributed by atoms with Crippen molar-refractivity contribution in [1.82, 2.24) is 10.6 Å². The Labute approximate surface area is 120 Å². The second-order valence-corrected chi connectivity index (χ2v) is 5.40. The van der Waals surface area contributed by atoms with E-state index in [0.717, 1.165) is 22.9 Å². The summed E-state index contributed by atoms with van der Waals surface area (Å²) in [5.74, 6) is -0.978. The number of thiophene rings is 1. The largest absolute Gasteiger partial charge is 0.478 e. The number of ether oxygens (including phenoxy) is 1. The predicted molar refractivity (Wildman–Crippen MR) is 75.6 cm³/mol. The molecule has 1 aliphatic rings. The van der Waals surface area contributed by atoms with Crippen LogP contribution in [-0.4, -0.2) is 36.4 Å². The molecule has 0 aliphatic carbocycles. The van der Waals surface area contributed by atoms with Crippen LogP contribution < -0.4 is 10.6 Å². The van der Waals surface area contributed by atoms with Gasteiger partial charge in [0.15, 0.2) is 0 Å². The highest BCUT2D eigenvalue weighted by Crippen LogP contribution is 2.15. The second kappa shape index (κ2) is 7.06. The van der Waals surface area contributed by atoms with Crippen LogP contribution in [0.5, 0.6) is 0 Å². The monoisotopic (exact) mass is 296 g/mol. The van der Waals surface area contributed by atoms with Crippen molar-refractivity contribution in [3.8, 4) is 0 Å². The molecule has 0 radical (unpaired) electrons. The molecule has 7 heteroatoms. The van der Waals surface area contributed by atoms with Crippen molar-refractivity contribution in [2.75, 3.05) is 13.2 Å². The molecule has 1 unspecified atom stereocenters. The predicted octanol–water partition coefficient (Wildman–Crippen LogP) is 1.43. The van der Waals surface area contributed by atoms with Crippen LogP contribution in [0.15, 0.2) is 17.5 Å². The van der Waals surface area contributed by atoms with Crippen LogP contribution in [0, 0.1) is 0 Å². The average molecular weight is 296 g/mol. The van der Waals surface area contributed by atoms with Crippen molar-refractivity contribution in [1.29, 1.82) is 0 Å². The normalized spacial score (nSPS) is 18.3. The number of carboxylic acid groups (broad SMARTS) is 1. The molecule has 1 atom stereocenters. The van der Waals surface area contributed by atoms with Gasteiger partial charge in [0, 0.05) is 17.6 Å². The number of aliphatic carboxylic acids is 1. The number of rotatable bonds is 5. The van der Waals surface area contributed by atoms with Crippen LogP contribution in [-0.2, 0) is 16.1 Å². The minimum atomic E-state index is -0.978. The van der Waals surface area contributed by atoms with Crippen molar-refractivity contribution in [2.45, 2.75) is 19.0 Å². The molecular formula is C13H16N2O4S. The van der Waals surface area contributed by atoms with Crippen LogP contribution in [0.1, 0.15) is 16.9 Å². The van der Waals surface area contributed by atoms with Gasteiger partial charge in [0.25, 0.3) is 0 Å². The maximum absolute atomic E-state index is 11.6. The van der Waals surface area contributed by atoms with Crippen LogP contribution in [0.3, 0.4) is 0 Å². The van der Waals surface area contributed by atoms with Gasteiger partial charge in [-0.2, -0.15) is 0 Å². The fourth-order valence-electron chi connectivity index (χ4n) is 1.80. The van der Waals surface area contributed by atoms with Gasteiger partial charge in [0.2, 0.25) is 0 Å². The van der Waals surface area contributed by atoms with Gasteiger partial charge >= 0.3 is 12.0 Å². The Kier molecular flexibility index (Phi) is 5.14. The molecule has 0 spiro atoms. The lowest BCUT2D eigenvalue weighted by Gasteiger charge is -2.11. The molecule has 1 saturated heterocycles.